The Labute approximate surface area is 95.5 Å². The molecular formula is C12H18FN3. The third kappa shape index (κ3) is 2.16. The van der Waals surface area contributed by atoms with E-state index in [1.807, 2.05) is 0 Å². The van der Waals surface area contributed by atoms with Gasteiger partial charge in [-0.2, -0.15) is 0 Å². The molecule has 3 nitrogen and oxygen atoms in total. The highest BCUT2D eigenvalue weighted by Crippen LogP contribution is 2.32. The fourth-order valence-electron chi connectivity index (χ4n) is 1.92. The van der Waals surface area contributed by atoms with Crippen molar-refractivity contribution >= 4 is 5.82 Å². The second-order valence-corrected chi connectivity index (χ2v) is 4.24. The number of nitrogens with two attached hydrogens (primary N) is 1. The standard InChI is InChI=1S/C12H18FN3/c1-2-7-16(10-3-4-10)12-11(13)9(8-14)5-6-15-12/h5-6,10H,2-4,7-8,14H2,1H3. The Kier molecular flexibility index (Phi) is 3.39. The van der Waals surface area contributed by atoms with E-state index < -0.39 is 0 Å². The summed E-state index contributed by atoms with van der Waals surface area (Å²) in [5, 5.41) is 0. The third-order valence-electron chi connectivity index (χ3n) is 2.89. The summed E-state index contributed by atoms with van der Waals surface area (Å²) in [6.07, 6.45) is 4.94. The number of rotatable bonds is 5. The number of hydrogen-bond acceptors (Lipinski definition) is 3. The molecule has 0 amide bonds. The van der Waals surface area contributed by atoms with Crippen LogP contribution in [0.25, 0.3) is 0 Å². The van der Waals surface area contributed by atoms with Crippen molar-refractivity contribution in [3.05, 3.63) is 23.6 Å². The maximum absolute atomic E-state index is 14.1. The van der Waals surface area contributed by atoms with Crippen LogP contribution in [0.2, 0.25) is 0 Å². The maximum Gasteiger partial charge on any atom is 0.170 e. The maximum atomic E-state index is 14.1. The normalized spacial score (nSPS) is 15.2. The second-order valence-electron chi connectivity index (χ2n) is 4.24. The van der Waals surface area contributed by atoms with E-state index >= 15 is 0 Å². The first-order chi connectivity index (χ1) is 7.77. The van der Waals surface area contributed by atoms with Gasteiger partial charge in [0.1, 0.15) is 0 Å². The van der Waals surface area contributed by atoms with Crippen molar-refractivity contribution in [3.8, 4) is 0 Å². The topological polar surface area (TPSA) is 42.2 Å². The number of pyridine rings is 1. The predicted octanol–water partition coefficient (Wildman–Crippen LogP) is 2.06. The molecule has 1 saturated carbocycles. The lowest BCUT2D eigenvalue weighted by Gasteiger charge is -2.23. The average Bonchev–Trinajstić information content (AvgIpc) is 3.11. The monoisotopic (exact) mass is 223 g/mol. The SMILES string of the molecule is CCCN(c1nccc(CN)c1F)C1CC1. The van der Waals surface area contributed by atoms with Gasteiger partial charge in [0.15, 0.2) is 11.6 Å². The molecule has 16 heavy (non-hydrogen) atoms. The highest BCUT2D eigenvalue weighted by molar-refractivity contribution is 5.45. The molecule has 88 valence electrons. The largest absolute Gasteiger partial charge is 0.351 e. The molecule has 2 rings (SSSR count). The molecule has 0 aliphatic heterocycles. The molecule has 1 aliphatic carbocycles. The Morgan fingerprint density at radius 1 is 1.56 bits per heavy atom. The van der Waals surface area contributed by atoms with E-state index in [4.69, 9.17) is 5.73 Å². The van der Waals surface area contributed by atoms with Gasteiger partial charge in [-0.25, -0.2) is 9.37 Å². The molecule has 4 heteroatoms. The van der Waals surface area contributed by atoms with Crippen LogP contribution in [0.5, 0.6) is 0 Å². The zero-order valence-corrected chi connectivity index (χ0v) is 9.62. The van der Waals surface area contributed by atoms with Crippen LogP contribution in [0.1, 0.15) is 31.7 Å². The second kappa shape index (κ2) is 4.78. The van der Waals surface area contributed by atoms with E-state index in [2.05, 4.69) is 16.8 Å². The highest BCUT2D eigenvalue weighted by Gasteiger charge is 2.31. The molecule has 1 fully saturated rings. The van der Waals surface area contributed by atoms with Crippen molar-refractivity contribution < 1.29 is 4.39 Å². The predicted molar refractivity (Wildman–Crippen MR) is 62.7 cm³/mol. The molecule has 1 heterocycles. The average molecular weight is 223 g/mol. The molecule has 0 aromatic carbocycles. The molecule has 0 saturated heterocycles. The Balaban J connectivity index is 2.29. The van der Waals surface area contributed by atoms with E-state index in [1.165, 1.54) is 0 Å². The fraction of sp³-hybridized carbons (Fsp3) is 0.583. The Morgan fingerprint density at radius 2 is 2.31 bits per heavy atom. The molecule has 0 radical (unpaired) electrons. The van der Waals surface area contributed by atoms with E-state index in [0.717, 1.165) is 25.8 Å². The lowest BCUT2D eigenvalue weighted by Crippen LogP contribution is -2.28. The first-order valence-corrected chi connectivity index (χ1v) is 5.88. The zero-order chi connectivity index (χ0) is 11.5. The van der Waals surface area contributed by atoms with Crippen molar-refractivity contribution in [2.24, 2.45) is 5.73 Å². The van der Waals surface area contributed by atoms with Gasteiger partial charge in [0.25, 0.3) is 0 Å². The minimum Gasteiger partial charge on any atom is -0.351 e. The quantitative estimate of drug-likeness (QED) is 0.830. The molecule has 1 aromatic heterocycles. The van der Waals surface area contributed by atoms with Crippen LogP contribution in [0, 0.1) is 5.82 Å². The van der Waals surface area contributed by atoms with Gasteiger partial charge in [0, 0.05) is 30.9 Å². The van der Waals surface area contributed by atoms with Crippen LogP contribution < -0.4 is 10.6 Å². The van der Waals surface area contributed by atoms with Crippen LogP contribution in [0.3, 0.4) is 0 Å². The summed E-state index contributed by atoms with van der Waals surface area (Å²) in [7, 11) is 0. The summed E-state index contributed by atoms with van der Waals surface area (Å²) in [5.74, 6) is 0.234. The minimum atomic E-state index is -0.245. The molecule has 0 spiro atoms. The molecule has 1 aliphatic rings. The van der Waals surface area contributed by atoms with Crippen molar-refractivity contribution in [1.29, 1.82) is 0 Å². The summed E-state index contributed by atoms with van der Waals surface area (Å²) in [4.78, 5) is 6.24. The Morgan fingerprint density at radius 3 is 2.88 bits per heavy atom. The molecule has 1 aromatic rings. The van der Waals surface area contributed by atoms with Crippen LogP contribution in [0.15, 0.2) is 12.3 Å². The van der Waals surface area contributed by atoms with Crippen LogP contribution in [-0.4, -0.2) is 17.6 Å². The van der Waals surface area contributed by atoms with Gasteiger partial charge < -0.3 is 10.6 Å². The van der Waals surface area contributed by atoms with Gasteiger partial charge in [-0.15, -0.1) is 0 Å². The van der Waals surface area contributed by atoms with Crippen molar-refractivity contribution in [2.45, 2.75) is 38.8 Å². The Bertz CT molecular complexity index is 363. The van der Waals surface area contributed by atoms with Crippen LogP contribution in [0.4, 0.5) is 10.2 Å². The lowest BCUT2D eigenvalue weighted by molar-refractivity contribution is 0.590. The summed E-state index contributed by atoms with van der Waals surface area (Å²) in [5.41, 5.74) is 6.05. The van der Waals surface area contributed by atoms with E-state index in [0.29, 0.717) is 17.4 Å². The first kappa shape index (κ1) is 11.3. The van der Waals surface area contributed by atoms with E-state index in [9.17, 15) is 4.39 Å². The minimum absolute atomic E-state index is 0.228. The summed E-state index contributed by atoms with van der Waals surface area (Å²) in [6, 6.07) is 2.13. The van der Waals surface area contributed by atoms with Gasteiger partial charge >= 0.3 is 0 Å². The fourth-order valence-corrected chi connectivity index (χ4v) is 1.92. The van der Waals surface area contributed by atoms with Gasteiger partial charge in [-0.1, -0.05) is 6.92 Å². The van der Waals surface area contributed by atoms with E-state index in [-0.39, 0.29) is 12.4 Å². The van der Waals surface area contributed by atoms with Gasteiger partial charge in [-0.05, 0) is 25.3 Å². The number of halogens is 1. The third-order valence-corrected chi connectivity index (χ3v) is 2.89. The number of anilines is 1. The smallest absolute Gasteiger partial charge is 0.170 e. The summed E-state index contributed by atoms with van der Waals surface area (Å²) < 4.78 is 14.1. The molecule has 0 atom stereocenters. The summed E-state index contributed by atoms with van der Waals surface area (Å²) in [6.45, 7) is 3.19. The van der Waals surface area contributed by atoms with Gasteiger partial charge in [-0.3, -0.25) is 0 Å². The number of aromatic nitrogens is 1. The molecule has 0 bridgehead atoms. The summed E-state index contributed by atoms with van der Waals surface area (Å²) >= 11 is 0. The van der Waals surface area contributed by atoms with Gasteiger partial charge in [0.2, 0.25) is 0 Å². The first-order valence-electron chi connectivity index (χ1n) is 5.88. The van der Waals surface area contributed by atoms with Crippen molar-refractivity contribution in [1.82, 2.24) is 4.98 Å². The van der Waals surface area contributed by atoms with Crippen LogP contribution in [-0.2, 0) is 6.54 Å². The molecule has 0 unspecified atom stereocenters. The van der Waals surface area contributed by atoms with Crippen molar-refractivity contribution in [3.63, 3.8) is 0 Å². The number of hydrogen-bond donors (Lipinski definition) is 1. The zero-order valence-electron chi connectivity index (χ0n) is 9.62. The van der Waals surface area contributed by atoms with E-state index in [1.54, 1.807) is 12.3 Å². The molecule has 2 N–H and O–H groups in total. The molecular weight excluding hydrogens is 205 g/mol. The Hall–Kier alpha value is -1.16. The highest BCUT2D eigenvalue weighted by atomic mass is 19.1. The van der Waals surface area contributed by atoms with Crippen LogP contribution >= 0.6 is 0 Å². The lowest BCUT2D eigenvalue weighted by atomic mass is 10.2. The van der Waals surface area contributed by atoms with Crippen molar-refractivity contribution in [2.75, 3.05) is 11.4 Å². The number of nitrogens with zero attached hydrogens (tertiary/aromatic N) is 2. The van der Waals surface area contributed by atoms with Gasteiger partial charge in [0.05, 0.1) is 0 Å².